The Labute approximate surface area is 112 Å². The van der Waals surface area contributed by atoms with Gasteiger partial charge in [0.1, 0.15) is 6.61 Å². The number of anilines is 1. The van der Waals surface area contributed by atoms with E-state index in [1.54, 1.807) is 11.9 Å². The molecular formula is C13H18N4O2. The van der Waals surface area contributed by atoms with Crippen molar-refractivity contribution in [3.8, 4) is 0 Å². The summed E-state index contributed by atoms with van der Waals surface area (Å²) in [6.45, 7) is 1.75. The smallest absolute Gasteiger partial charge is 0.414 e. The molecule has 0 unspecified atom stereocenters. The first-order valence-corrected chi connectivity index (χ1v) is 6.16. The Balaban J connectivity index is 1.96. The lowest BCUT2D eigenvalue weighted by Gasteiger charge is -2.13. The Kier molecular flexibility index (Phi) is 4.22. The minimum atomic E-state index is -0.276. The summed E-state index contributed by atoms with van der Waals surface area (Å²) < 4.78 is 4.91. The lowest BCUT2D eigenvalue weighted by atomic mass is 10.2. The van der Waals surface area contributed by atoms with E-state index in [9.17, 15) is 4.79 Å². The van der Waals surface area contributed by atoms with Gasteiger partial charge >= 0.3 is 6.09 Å². The second-order valence-electron chi connectivity index (χ2n) is 4.11. The van der Waals surface area contributed by atoms with Crippen LogP contribution in [-0.2, 0) is 11.3 Å². The number of amides is 1. The summed E-state index contributed by atoms with van der Waals surface area (Å²) in [4.78, 5) is 17.1. The van der Waals surface area contributed by atoms with Gasteiger partial charge in [0.15, 0.2) is 5.96 Å². The minimum Gasteiger partial charge on any atom is -0.447 e. The Morgan fingerprint density at radius 1 is 1.42 bits per heavy atom. The van der Waals surface area contributed by atoms with E-state index in [1.165, 1.54) is 0 Å². The molecule has 0 saturated carbocycles. The van der Waals surface area contributed by atoms with Gasteiger partial charge < -0.3 is 15.4 Å². The third-order valence-corrected chi connectivity index (χ3v) is 2.93. The molecule has 1 amide bonds. The maximum Gasteiger partial charge on any atom is 0.414 e. The van der Waals surface area contributed by atoms with Gasteiger partial charge in [0, 0.05) is 26.3 Å². The number of carbonyl (C=O) groups is 1. The van der Waals surface area contributed by atoms with Gasteiger partial charge in [-0.1, -0.05) is 12.1 Å². The number of guanidine groups is 1. The van der Waals surface area contributed by atoms with Crippen molar-refractivity contribution >= 4 is 17.7 Å². The quantitative estimate of drug-likeness (QED) is 0.628. The Morgan fingerprint density at radius 3 is 2.68 bits per heavy atom. The third kappa shape index (κ3) is 3.15. The summed E-state index contributed by atoms with van der Waals surface area (Å²) in [5.41, 5.74) is 1.98. The molecule has 0 aromatic heterocycles. The van der Waals surface area contributed by atoms with Crippen LogP contribution in [0.4, 0.5) is 10.5 Å². The number of nitrogens with zero attached hydrogens (tertiary/aromatic N) is 2. The van der Waals surface area contributed by atoms with E-state index in [2.05, 4.69) is 15.6 Å². The van der Waals surface area contributed by atoms with Gasteiger partial charge in [0.25, 0.3) is 0 Å². The summed E-state index contributed by atoms with van der Waals surface area (Å²) in [5, 5.41) is 6.12. The molecule has 6 nitrogen and oxygen atoms in total. The molecule has 6 heteroatoms. The number of ether oxygens (including phenoxy) is 1. The first-order valence-electron chi connectivity index (χ1n) is 6.16. The highest BCUT2D eigenvalue weighted by molar-refractivity contribution is 5.89. The highest BCUT2D eigenvalue weighted by Crippen LogP contribution is 2.19. The highest BCUT2D eigenvalue weighted by Gasteiger charge is 2.23. The van der Waals surface area contributed by atoms with Gasteiger partial charge in [0.05, 0.1) is 6.54 Å². The number of nitrogens with one attached hydrogen (secondary N) is 2. The zero-order valence-electron chi connectivity index (χ0n) is 11.1. The molecule has 1 aromatic rings. The minimum absolute atomic E-state index is 0.276. The van der Waals surface area contributed by atoms with Crippen molar-refractivity contribution in [2.24, 2.45) is 4.99 Å². The average Bonchev–Trinajstić information content (AvgIpc) is 2.87. The van der Waals surface area contributed by atoms with Gasteiger partial charge in [-0.05, 0) is 17.7 Å². The molecular weight excluding hydrogens is 244 g/mol. The zero-order valence-corrected chi connectivity index (χ0v) is 11.1. The van der Waals surface area contributed by atoms with Gasteiger partial charge in [-0.2, -0.15) is 0 Å². The molecule has 1 saturated heterocycles. The Bertz CT molecular complexity index is 470. The molecule has 1 heterocycles. The molecule has 0 spiro atoms. The maximum absolute atomic E-state index is 11.4. The maximum atomic E-state index is 11.4. The van der Waals surface area contributed by atoms with Crippen LogP contribution in [0.2, 0.25) is 0 Å². The van der Waals surface area contributed by atoms with Crippen molar-refractivity contribution in [3.05, 3.63) is 29.8 Å². The second-order valence-corrected chi connectivity index (χ2v) is 4.11. The fourth-order valence-electron chi connectivity index (χ4n) is 1.89. The molecule has 0 aliphatic carbocycles. The average molecular weight is 262 g/mol. The van der Waals surface area contributed by atoms with E-state index in [0.29, 0.717) is 19.7 Å². The van der Waals surface area contributed by atoms with Gasteiger partial charge in [0.2, 0.25) is 0 Å². The largest absolute Gasteiger partial charge is 0.447 e. The summed E-state index contributed by atoms with van der Waals surface area (Å²) in [6.07, 6.45) is -0.276. The molecule has 1 fully saturated rings. The van der Waals surface area contributed by atoms with Crippen LogP contribution >= 0.6 is 0 Å². The van der Waals surface area contributed by atoms with Crippen molar-refractivity contribution in [1.29, 1.82) is 0 Å². The van der Waals surface area contributed by atoms with Crippen LogP contribution in [-0.4, -0.2) is 39.3 Å². The van der Waals surface area contributed by atoms with Crippen LogP contribution < -0.4 is 15.5 Å². The van der Waals surface area contributed by atoms with Gasteiger partial charge in [-0.15, -0.1) is 0 Å². The van der Waals surface area contributed by atoms with Crippen molar-refractivity contribution in [2.45, 2.75) is 6.54 Å². The monoisotopic (exact) mass is 262 g/mol. The fraction of sp³-hybridized carbons (Fsp3) is 0.385. The summed E-state index contributed by atoms with van der Waals surface area (Å²) in [6, 6.07) is 7.81. The van der Waals surface area contributed by atoms with E-state index >= 15 is 0 Å². The molecule has 2 rings (SSSR count). The summed E-state index contributed by atoms with van der Waals surface area (Å²) in [7, 11) is 3.54. The number of carbonyl (C=O) groups excluding carboxylic acids is 1. The predicted octanol–water partition coefficient (Wildman–Crippen LogP) is 0.938. The Hall–Kier alpha value is -2.24. The molecule has 2 N–H and O–H groups in total. The molecule has 1 aliphatic heterocycles. The van der Waals surface area contributed by atoms with Crippen LogP contribution in [0.1, 0.15) is 5.56 Å². The number of hydrogen-bond donors (Lipinski definition) is 2. The van der Waals surface area contributed by atoms with Gasteiger partial charge in [-0.3, -0.25) is 9.89 Å². The number of cyclic esters (lactones) is 1. The summed E-state index contributed by atoms with van der Waals surface area (Å²) in [5.74, 6) is 0.743. The zero-order chi connectivity index (χ0) is 13.7. The van der Waals surface area contributed by atoms with Crippen molar-refractivity contribution in [3.63, 3.8) is 0 Å². The van der Waals surface area contributed by atoms with Crippen LogP contribution in [0.5, 0.6) is 0 Å². The van der Waals surface area contributed by atoms with Crippen LogP contribution in [0.25, 0.3) is 0 Å². The van der Waals surface area contributed by atoms with E-state index in [4.69, 9.17) is 4.74 Å². The van der Waals surface area contributed by atoms with E-state index in [0.717, 1.165) is 17.2 Å². The molecule has 1 aliphatic rings. The van der Waals surface area contributed by atoms with Crippen molar-refractivity contribution < 1.29 is 9.53 Å². The predicted molar refractivity (Wildman–Crippen MR) is 74.4 cm³/mol. The number of benzene rings is 1. The summed E-state index contributed by atoms with van der Waals surface area (Å²) >= 11 is 0. The molecule has 19 heavy (non-hydrogen) atoms. The van der Waals surface area contributed by atoms with Crippen LogP contribution in [0.15, 0.2) is 29.3 Å². The van der Waals surface area contributed by atoms with Crippen LogP contribution in [0, 0.1) is 0 Å². The second kappa shape index (κ2) is 6.08. The number of hydrogen-bond acceptors (Lipinski definition) is 3. The third-order valence-electron chi connectivity index (χ3n) is 2.93. The van der Waals surface area contributed by atoms with E-state index in [-0.39, 0.29) is 6.09 Å². The van der Waals surface area contributed by atoms with E-state index in [1.807, 2.05) is 31.3 Å². The first kappa shape index (κ1) is 13.2. The molecule has 0 radical (unpaired) electrons. The Morgan fingerprint density at radius 2 is 2.16 bits per heavy atom. The lowest BCUT2D eigenvalue weighted by Crippen LogP contribution is -2.34. The molecule has 0 bridgehead atoms. The number of aliphatic imine (C=N–C) groups is 1. The van der Waals surface area contributed by atoms with Crippen molar-refractivity contribution in [1.82, 2.24) is 10.6 Å². The van der Waals surface area contributed by atoms with Crippen molar-refractivity contribution in [2.75, 3.05) is 32.1 Å². The first-order chi connectivity index (χ1) is 9.24. The lowest BCUT2D eigenvalue weighted by molar-refractivity contribution is 0.181. The van der Waals surface area contributed by atoms with E-state index < -0.39 is 0 Å². The highest BCUT2D eigenvalue weighted by atomic mass is 16.6. The molecule has 102 valence electrons. The van der Waals surface area contributed by atoms with Gasteiger partial charge in [-0.25, -0.2) is 4.79 Å². The number of rotatable bonds is 3. The molecule has 0 atom stereocenters. The fourth-order valence-corrected chi connectivity index (χ4v) is 1.89. The van der Waals surface area contributed by atoms with Crippen LogP contribution in [0.3, 0.4) is 0 Å². The standard InChI is InChI=1S/C13H18N4O2/c1-14-12(15-2)16-9-10-3-5-11(6-4-10)17-7-8-19-13(17)18/h3-6H,7-9H2,1-2H3,(H2,14,15,16). The normalized spacial score (nSPS) is 15.4. The SMILES string of the molecule is CN=C(NC)NCc1ccc(N2CCOC2=O)cc1. The molecule has 1 aromatic carbocycles. The topological polar surface area (TPSA) is 66.0 Å².